The fraction of sp³-hybridized carbons (Fsp3) is 0.429. The van der Waals surface area contributed by atoms with Crippen molar-refractivity contribution in [2.75, 3.05) is 25.2 Å². The molecule has 2 heterocycles. The van der Waals surface area contributed by atoms with Crippen LogP contribution in [0.25, 0.3) is 11.1 Å². The number of hydrogen-bond donors (Lipinski definition) is 1. The quantitative estimate of drug-likeness (QED) is 0.549. The van der Waals surface area contributed by atoms with Crippen LogP contribution in [0.4, 0.5) is 18.0 Å². The minimum atomic E-state index is -3.18. The lowest BCUT2D eigenvalue weighted by molar-refractivity contribution is 0.0822. The molecule has 13 heteroatoms. The molecule has 1 aliphatic rings. The molecule has 1 aliphatic heterocycles. The third-order valence-corrected chi connectivity index (χ3v) is 7.62. The molecule has 3 rings (SSSR count). The second-order valence-corrected chi connectivity index (χ2v) is 11.0. The highest BCUT2D eigenvalue weighted by molar-refractivity contribution is 7.91. The number of ether oxygens (including phenoxy) is 1. The van der Waals surface area contributed by atoms with Gasteiger partial charge < -0.3 is 15.0 Å². The first kappa shape index (κ1) is 26.4. The van der Waals surface area contributed by atoms with Crippen molar-refractivity contribution in [3.63, 3.8) is 0 Å². The summed E-state index contributed by atoms with van der Waals surface area (Å²) in [5.41, 5.74) is 0.282. The number of pyridine rings is 1. The van der Waals surface area contributed by atoms with Crippen molar-refractivity contribution in [1.29, 1.82) is 0 Å². The van der Waals surface area contributed by atoms with E-state index in [2.05, 4.69) is 10.3 Å². The van der Waals surface area contributed by atoms with Crippen molar-refractivity contribution < 1.29 is 31.1 Å². The van der Waals surface area contributed by atoms with Crippen molar-refractivity contribution in [3.8, 4) is 16.9 Å². The number of benzene rings is 1. The molecule has 2 amide bonds. The number of nitrogens with zero attached hydrogens (tertiary/aromatic N) is 2. The van der Waals surface area contributed by atoms with Crippen LogP contribution in [-0.4, -0.2) is 62.0 Å². The lowest BCUT2D eigenvalue weighted by Crippen LogP contribution is -2.45. The van der Waals surface area contributed by atoms with E-state index in [9.17, 15) is 26.4 Å². The van der Waals surface area contributed by atoms with E-state index in [1.165, 1.54) is 37.2 Å². The molecular weight excluding hydrogens is 518 g/mol. The molecule has 0 radical (unpaired) electrons. The van der Waals surface area contributed by atoms with Crippen LogP contribution in [0.5, 0.6) is 5.75 Å². The molecule has 0 saturated carbocycles. The summed E-state index contributed by atoms with van der Waals surface area (Å²) in [5.74, 6) is -0.967. The smallest absolute Gasteiger partial charge is 0.317 e. The van der Waals surface area contributed by atoms with Crippen LogP contribution in [0.15, 0.2) is 24.4 Å². The third-order valence-electron chi connectivity index (χ3n) is 5.37. The number of hydrogen-bond acceptors (Lipinski definition) is 5. The number of amides is 2. The second-order valence-electron chi connectivity index (χ2n) is 7.90. The van der Waals surface area contributed by atoms with Crippen LogP contribution in [0.1, 0.15) is 25.1 Å². The van der Waals surface area contributed by atoms with Gasteiger partial charge in [-0.15, -0.1) is 0 Å². The molecule has 7 nitrogen and oxygen atoms in total. The van der Waals surface area contributed by atoms with Gasteiger partial charge >= 0.3 is 6.03 Å². The van der Waals surface area contributed by atoms with E-state index >= 15 is 0 Å². The molecule has 34 heavy (non-hydrogen) atoms. The summed E-state index contributed by atoms with van der Waals surface area (Å²) in [6, 6.07) is 1.94. The van der Waals surface area contributed by atoms with Crippen LogP contribution in [-0.2, 0) is 9.84 Å². The van der Waals surface area contributed by atoms with Crippen LogP contribution in [0.3, 0.4) is 0 Å². The van der Waals surface area contributed by atoms with E-state index in [1.807, 2.05) is 0 Å². The monoisotopic (exact) mass is 539 g/mol. The van der Waals surface area contributed by atoms with Gasteiger partial charge in [0.05, 0.1) is 28.3 Å². The minimum absolute atomic E-state index is 0.0129. The zero-order chi connectivity index (χ0) is 25.2. The second kappa shape index (κ2) is 10.6. The number of urea groups is 1. The van der Waals surface area contributed by atoms with E-state index in [1.54, 1.807) is 0 Å². The molecule has 1 N–H and O–H groups in total. The normalized spacial score (nSPS) is 18.1. The first-order valence-corrected chi connectivity index (χ1v) is 12.7. The Bertz CT molecular complexity index is 1180. The average Bonchev–Trinajstić information content (AvgIpc) is 3.11. The Labute approximate surface area is 205 Å². The number of nitrogens with one attached hydrogen (secondary N) is 1. The van der Waals surface area contributed by atoms with E-state index in [4.69, 9.17) is 27.9 Å². The van der Waals surface area contributed by atoms with Crippen LogP contribution >= 0.6 is 23.2 Å². The maximum absolute atomic E-state index is 15.0. The zero-order valence-electron chi connectivity index (χ0n) is 18.2. The third kappa shape index (κ3) is 6.25. The number of rotatable bonds is 7. The first-order chi connectivity index (χ1) is 15.9. The summed E-state index contributed by atoms with van der Waals surface area (Å²) in [7, 11) is -1.70. The van der Waals surface area contributed by atoms with Crippen molar-refractivity contribution in [2.24, 2.45) is 0 Å². The Kier molecular flexibility index (Phi) is 8.20. The highest BCUT2D eigenvalue weighted by Gasteiger charge is 2.33. The maximum atomic E-state index is 15.0. The Morgan fingerprint density at radius 3 is 2.62 bits per heavy atom. The van der Waals surface area contributed by atoms with Gasteiger partial charge in [0, 0.05) is 35.4 Å². The molecule has 0 bridgehead atoms. The fourth-order valence-corrected chi connectivity index (χ4v) is 5.91. The van der Waals surface area contributed by atoms with Gasteiger partial charge in [0.15, 0.2) is 9.84 Å². The van der Waals surface area contributed by atoms with Crippen molar-refractivity contribution in [3.05, 3.63) is 46.0 Å². The summed E-state index contributed by atoms with van der Waals surface area (Å²) in [5, 5.41) is 2.77. The number of halogens is 5. The Hall–Kier alpha value is -2.24. The maximum Gasteiger partial charge on any atom is 0.317 e. The Morgan fingerprint density at radius 1 is 1.32 bits per heavy atom. The Balaban J connectivity index is 1.79. The number of aromatic nitrogens is 1. The Morgan fingerprint density at radius 2 is 2.03 bits per heavy atom. The van der Waals surface area contributed by atoms with Gasteiger partial charge in [-0.05, 0) is 31.5 Å². The van der Waals surface area contributed by atoms with Gasteiger partial charge in [-0.2, -0.15) is 0 Å². The summed E-state index contributed by atoms with van der Waals surface area (Å²) < 4.78 is 68.7. The molecule has 0 spiro atoms. The summed E-state index contributed by atoms with van der Waals surface area (Å²) in [6.07, 6.45) is -1.13. The molecule has 0 aliphatic carbocycles. The van der Waals surface area contributed by atoms with E-state index < -0.39 is 46.8 Å². The van der Waals surface area contributed by atoms with Crippen molar-refractivity contribution in [1.82, 2.24) is 15.2 Å². The van der Waals surface area contributed by atoms with E-state index in [-0.39, 0.29) is 44.1 Å². The van der Waals surface area contributed by atoms with Gasteiger partial charge in [-0.25, -0.2) is 26.4 Å². The molecule has 2 atom stereocenters. The SMILES string of the molecule is CC(NC(=O)N(C)C1CCS(=O)(=O)C1)c1ncc(-c2cc(Cl)cc(Cl)c2OCC(F)F)cc1F. The summed E-state index contributed by atoms with van der Waals surface area (Å²) in [6.45, 7) is 0.608. The molecule has 1 fully saturated rings. The van der Waals surface area contributed by atoms with E-state index in [0.29, 0.717) is 6.42 Å². The molecule has 2 unspecified atom stereocenters. The largest absolute Gasteiger partial charge is 0.485 e. The zero-order valence-corrected chi connectivity index (χ0v) is 20.5. The highest BCUT2D eigenvalue weighted by atomic mass is 35.5. The van der Waals surface area contributed by atoms with Gasteiger partial charge in [0.2, 0.25) is 0 Å². The van der Waals surface area contributed by atoms with Gasteiger partial charge in [0.1, 0.15) is 18.2 Å². The number of carbonyl (C=O) groups excluding carboxylic acids is 1. The number of carbonyl (C=O) groups is 1. The van der Waals surface area contributed by atoms with Crippen molar-refractivity contribution >= 4 is 39.1 Å². The van der Waals surface area contributed by atoms with Crippen LogP contribution in [0.2, 0.25) is 10.0 Å². The molecule has 1 saturated heterocycles. The van der Waals surface area contributed by atoms with Crippen LogP contribution < -0.4 is 10.1 Å². The molecule has 2 aromatic rings. The molecule has 1 aromatic heterocycles. The fourth-order valence-electron chi connectivity index (χ4n) is 3.58. The van der Waals surface area contributed by atoms with Gasteiger partial charge in [-0.3, -0.25) is 4.98 Å². The van der Waals surface area contributed by atoms with Crippen molar-refractivity contribution in [2.45, 2.75) is 31.9 Å². The van der Waals surface area contributed by atoms with Gasteiger partial charge in [-0.1, -0.05) is 23.2 Å². The topological polar surface area (TPSA) is 88.6 Å². The first-order valence-electron chi connectivity index (χ1n) is 10.2. The number of sulfone groups is 1. The predicted octanol–water partition coefficient (Wildman–Crippen LogP) is 4.73. The highest BCUT2D eigenvalue weighted by Crippen LogP contribution is 2.39. The summed E-state index contributed by atoms with van der Waals surface area (Å²) in [4.78, 5) is 17.9. The minimum Gasteiger partial charge on any atom is -0.485 e. The molecule has 186 valence electrons. The summed E-state index contributed by atoms with van der Waals surface area (Å²) >= 11 is 12.1. The average molecular weight is 540 g/mol. The lowest BCUT2D eigenvalue weighted by atomic mass is 10.0. The van der Waals surface area contributed by atoms with Crippen LogP contribution in [0, 0.1) is 5.82 Å². The molecule has 1 aromatic carbocycles. The predicted molar refractivity (Wildman–Crippen MR) is 123 cm³/mol. The number of alkyl halides is 2. The standard InChI is InChI=1S/C21H22Cl2F3N3O4S/c1-11(28-21(30)29(2)14-3-4-34(31,32)10-14)19-17(24)5-12(8-27-19)15-6-13(22)7-16(23)20(15)33-9-18(25)26/h5-8,11,14,18H,3-4,9-10H2,1-2H3,(H,28,30). The van der Waals surface area contributed by atoms with Gasteiger partial charge in [0.25, 0.3) is 6.43 Å². The molecular formula is C21H22Cl2F3N3O4S. The lowest BCUT2D eigenvalue weighted by Gasteiger charge is -2.26. The van der Waals surface area contributed by atoms with E-state index in [0.717, 1.165) is 6.07 Å².